The van der Waals surface area contributed by atoms with E-state index < -0.39 is 7.67 Å². The Labute approximate surface area is 120 Å². The van der Waals surface area contributed by atoms with Crippen molar-refractivity contribution in [2.24, 2.45) is 0 Å². The van der Waals surface area contributed by atoms with E-state index in [1.54, 1.807) is 0 Å². The number of nitrogens with zero attached hydrogens (tertiary/aromatic N) is 1. The van der Waals surface area contributed by atoms with Crippen molar-refractivity contribution in [3.8, 4) is 0 Å². The van der Waals surface area contributed by atoms with Crippen molar-refractivity contribution in [3.05, 3.63) is 0 Å². The van der Waals surface area contributed by atoms with E-state index in [0.29, 0.717) is 18.4 Å². The predicted molar refractivity (Wildman–Crippen MR) is 77.7 cm³/mol. The van der Waals surface area contributed by atoms with Gasteiger partial charge in [-0.05, 0) is 32.1 Å². The Morgan fingerprint density at radius 2 is 1.72 bits per heavy atom. The van der Waals surface area contributed by atoms with Gasteiger partial charge >= 0.3 is 7.67 Å². The third-order valence-electron chi connectivity index (χ3n) is 2.87. The lowest BCUT2D eigenvalue weighted by molar-refractivity contribution is 0.224. The van der Waals surface area contributed by atoms with Gasteiger partial charge in [-0.25, -0.2) is 9.76 Å². The molecule has 1 heterocycles. The monoisotopic (exact) mass is 316 g/mol. The molecule has 7 heteroatoms. The van der Waals surface area contributed by atoms with Gasteiger partial charge in [0.05, 0.1) is 6.61 Å². The summed E-state index contributed by atoms with van der Waals surface area (Å²) < 4.78 is 20.1. The molecule has 108 valence electrons. The van der Waals surface area contributed by atoms with E-state index in [1.165, 1.54) is 0 Å². The molecule has 0 spiro atoms. The van der Waals surface area contributed by atoms with Crippen LogP contribution in [-0.4, -0.2) is 42.7 Å². The lowest BCUT2D eigenvalue weighted by Gasteiger charge is -2.34. The summed E-state index contributed by atoms with van der Waals surface area (Å²) in [6, 6.07) is 0. The molecule has 0 saturated carbocycles. The summed E-state index contributed by atoms with van der Waals surface area (Å²) in [5.74, 6) is 1.29. The van der Waals surface area contributed by atoms with Crippen molar-refractivity contribution in [2.75, 3.05) is 38.0 Å². The van der Waals surface area contributed by atoms with Crippen LogP contribution in [0.2, 0.25) is 0 Å². The van der Waals surface area contributed by atoms with Crippen LogP contribution in [0.4, 0.5) is 0 Å². The summed E-state index contributed by atoms with van der Waals surface area (Å²) >= 11 is 11.4. The second-order valence-electron chi connectivity index (χ2n) is 4.36. The molecule has 0 radical (unpaired) electrons. The van der Waals surface area contributed by atoms with Crippen LogP contribution in [0.3, 0.4) is 0 Å². The van der Waals surface area contributed by atoms with E-state index in [9.17, 15) is 4.57 Å². The minimum absolute atomic E-state index is 0.575. The summed E-state index contributed by atoms with van der Waals surface area (Å²) in [4.78, 5) is 0. The van der Waals surface area contributed by atoms with Gasteiger partial charge in [0.25, 0.3) is 0 Å². The zero-order valence-electron chi connectivity index (χ0n) is 10.7. The zero-order chi connectivity index (χ0) is 13.3. The largest absolute Gasteiger partial charge is 0.343 e. The standard InChI is InChI=1S/C11H23Cl2N2O2P/c12-6-1-3-9-15(10-4-2-7-13)18(16)14-8-5-11-17-18/h1-11H2,(H,14,16). The maximum atomic E-state index is 12.6. The van der Waals surface area contributed by atoms with Crippen LogP contribution in [0.15, 0.2) is 0 Å². The first-order chi connectivity index (χ1) is 8.73. The highest BCUT2D eigenvalue weighted by Gasteiger charge is 2.32. The van der Waals surface area contributed by atoms with Crippen LogP contribution in [0.5, 0.6) is 0 Å². The lowest BCUT2D eigenvalue weighted by Crippen LogP contribution is -2.35. The molecule has 1 aliphatic heterocycles. The first-order valence-corrected chi connectivity index (χ1v) is 9.24. The van der Waals surface area contributed by atoms with E-state index in [2.05, 4.69) is 5.09 Å². The third kappa shape index (κ3) is 5.77. The van der Waals surface area contributed by atoms with Crippen LogP contribution in [0.25, 0.3) is 0 Å². The van der Waals surface area contributed by atoms with Crippen LogP contribution in [0, 0.1) is 0 Å². The van der Waals surface area contributed by atoms with Gasteiger partial charge in [-0.15, -0.1) is 23.2 Å². The number of nitrogens with one attached hydrogen (secondary N) is 1. The molecular weight excluding hydrogens is 294 g/mol. The molecule has 0 aromatic carbocycles. The second kappa shape index (κ2) is 9.57. The molecule has 1 rings (SSSR count). The Balaban J connectivity index is 2.48. The van der Waals surface area contributed by atoms with Crippen LogP contribution in [0.1, 0.15) is 32.1 Å². The highest BCUT2D eigenvalue weighted by molar-refractivity contribution is 7.54. The molecule has 0 aromatic rings. The predicted octanol–water partition coefficient (Wildman–Crippen LogP) is 3.44. The first-order valence-electron chi connectivity index (χ1n) is 6.60. The summed E-state index contributed by atoms with van der Waals surface area (Å²) in [5.41, 5.74) is 0. The van der Waals surface area contributed by atoms with Crippen molar-refractivity contribution in [3.63, 3.8) is 0 Å². The van der Waals surface area contributed by atoms with Gasteiger partial charge in [-0.2, -0.15) is 0 Å². The number of alkyl halides is 2. The van der Waals surface area contributed by atoms with Crippen LogP contribution >= 0.6 is 30.9 Å². The Kier molecular flexibility index (Phi) is 8.90. The van der Waals surface area contributed by atoms with Gasteiger partial charge in [-0.3, -0.25) is 4.57 Å². The maximum absolute atomic E-state index is 12.6. The fourth-order valence-corrected chi connectivity index (χ4v) is 4.32. The number of halogens is 2. The number of hydrogen-bond acceptors (Lipinski definition) is 2. The molecule has 4 nitrogen and oxygen atoms in total. The highest BCUT2D eigenvalue weighted by Crippen LogP contribution is 2.48. The molecule has 0 aromatic heterocycles. The van der Waals surface area contributed by atoms with E-state index in [4.69, 9.17) is 27.7 Å². The van der Waals surface area contributed by atoms with Gasteiger partial charge in [0.15, 0.2) is 0 Å². The van der Waals surface area contributed by atoms with E-state index in [1.807, 2.05) is 4.67 Å². The van der Waals surface area contributed by atoms with Crippen molar-refractivity contribution < 1.29 is 9.09 Å². The second-order valence-corrected chi connectivity index (χ2v) is 7.30. The maximum Gasteiger partial charge on any atom is 0.343 e. The molecule has 0 aliphatic carbocycles. The summed E-state index contributed by atoms with van der Waals surface area (Å²) in [6.07, 6.45) is 4.68. The zero-order valence-corrected chi connectivity index (χ0v) is 13.2. The number of hydrogen-bond donors (Lipinski definition) is 1. The highest BCUT2D eigenvalue weighted by atomic mass is 35.5. The number of unbranched alkanes of at least 4 members (excludes halogenated alkanes) is 2. The SMILES string of the molecule is O=P1(N(CCCCCl)CCCCCl)NCCCO1. The van der Waals surface area contributed by atoms with Gasteiger partial charge in [0, 0.05) is 31.4 Å². The van der Waals surface area contributed by atoms with Gasteiger partial charge in [0.1, 0.15) is 0 Å². The fraction of sp³-hybridized carbons (Fsp3) is 1.00. The van der Waals surface area contributed by atoms with Crippen LogP contribution < -0.4 is 5.09 Å². The minimum Gasteiger partial charge on any atom is -0.306 e. The summed E-state index contributed by atoms with van der Waals surface area (Å²) in [5, 5.41) is 3.04. The van der Waals surface area contributed by atoms with Crippen molar-refractivity contribution in [2.45, 2.75) is 32.1 Å². The molecule has 1 fully saturated rings. The molecule has 1 saturated heterocycles. The quantitative estimate of drug-likeness (QED) is 0.402. The molecule has 1 aliphatic rings. The van der Waals surface area contributed by atoms with E-state index in [-0.39, 0.29) is 0 Å². The van der Waals surface area contributed by atoms with E-state index >= 15 is 0 Å². The van der Waals surface area contributed by atoms with Gasteiger partial charge in [-0.1, -0.05) is 0 Å². The van der Waals surface area contributed by atoms with Gasteiger partial charge in [0.2, 0.25) is 0 Å². The normalized spacial score (nSPS) is 24.6. The van der Waals surface area contributed by atoms with E-state index in [0.717, 1.165) is 51.7 Å². The topological polar surface area (TPSA) is 41.6 Å². The lowest BCUT2D eigenvalue weighted by atomic mass is 10.3. The fourth-order valence-electron chi connectivity index (χ4n) is 1.86. The molecule has 0 amide bonds. The molecule has 1 unspecified atom stereocenters. The molecule has 18 heavy (non-hydrogen) atoms. The van der Waals surface area contributed by atoms with Crippen molar-refractivity contribution in [1.82, 2.24) is 9.76 Å². The van der Waals surface area contributed by atoms with Gasteiger partial charge < -0.3 is 4.52 Å². The first kappa shape index (κ1) is 16.7. The van der Waals surface area contributed by atoms with Crippen molar-refractivity contribution in [1.29, 1.82) is 0 Å². The molecular formula is C11H23Cl2N2O2P. The average molecular weight is 317 g/mol. The average Bonchev–Trinajstić information content (AvgIpc) is 2.38. The minimum atomic E-state index is -2.81. The Morgan fingerprint density at radius 3 is 2.17 bits per heavy atom. The molecule has 1 N–H and O–H groups in total. The van der Waals surface area contributed by atoms with Crippen molar-refractivity contribution >= 4 is 30.9 Å². The number of rotatable bonds is 9. The van der Waals surface area contributed by atoms with Crippen LogP contribution in [-0.2, 0) is 9.09 Å². The summed E-state index contributed by atoms with van der Waals surface area (Å²) in [6.45, 7) is 2.86. The molecule has 1 atom stereocenters. The molecule has 0 bridgehead atoms. The third-order valence-corrected chi connectivity index (χ3v) is 5.71. The Morgan fingerprint density at radius 1 is 1.11 bits per heavy atom. The Hall–Kier alpha value is 0.690. The summed E-state index contributed by atoms with van der Waals surface area (Å²) in [7, 11) is -2.81. The smallest absolute Gasteiger partial charge is 0.306 e. The Bertz CT molecular complexity index is 249.